The number of nitrogens with zero attached hydrogens (tertiary/aromatic N) is 4. The molecule has 3 rings (SSSR count). The number of azide groups is 1. The van der Waals surface area contributed by atoms with Gasteiger partial charge in [0.05, 0.1) is 5.56 Å². The summed E-state index contributed by atoms with van der Waals surface area (Å²) in [4.78, 5) is 19.8. The Balaban J connectivity index is 1.89. The van der Waals surface area contributed by atoms with Gasteiger partial charge in [0.25, 0.3) is 5.91 Å². The second-order valence-electron chi connectivity index (χ2n) is 9.34. The van der Waals surface area contributed by atoms with E-state index in [9.17, 15) is 4.79 Å². The van der Waals surface area contributed by atoms with Crippen molar-refractivity contribution in [3.8, 4) is 0 Å². The Morgan fingerprint density at radius 2 is 2.19 bits per heavy atom. The number of fused-ring (bicyclic) bond motifs is 1. The van der Waals surface area contributed by atoms with Crippen LogP contribution in [0.25, 0.3) is 10.4 Å². The summed E-state index contributed by atoms with van der Waals surface area (Å²) in [7, 11) is 0. The Labute approximate surface area is 161 Å². The van der Waals surface area contributed by atoms with Crippen molar-refractivity contribution in [1.82, 2.24) is 10.3 Å². The average Bonchev–Trinajstić information content (AvgIpc) is 2.63. The second kappa shape index (κ2) is 7.51. The maximum Gasteiger partial charge on any atom is 0.253 e. The molecule has 6 heteroatoms. The summed E-state index contributed by atoms with van der Waals surface area (Å²) in [5.74, 6) is 0.949. The van der Waals surface area contributed by atoms with Crippen LogP contribution in [0.4, 0.5) is 0 Å². The topological polar surface area (TPSA) is 90.8 Å². The van der Waals surface area contributed by atoms with Gasteiger partial charge in [0, 0.05) is 29.9 Å². The molecular weight excluding hydrogens is 338 g/mol. The average molecular weight is 370 g/mol. The van der Waals surface area contributed by atoms with Crippen LogP contribution >= 0.6 is 0 Å². The predicted molar refractivity (Wildman–Crippen MR) is 106 cm³/mol. The van der Waals surface area contributed by atoms with Crippen molar-refractivity contribution in [3.05, 3.63) is 40.5 Å². The number of amides is 1. The number of hydrogen-bond donors (Lipinski definition) is 1. The number of carbonyl (C=O) groups is 1. The molecule has 1 aromatic rings. The molecular formula is C21H31N5O. The molecule has 2 saturated carbocycles. The molecule has 0 aliphatic heterocycles. The third-order valence-electron chi connectivity index (χ3n) is 7.46. The zero-order chi connectivity index (χ0) is 19.7. The van der Waals surface area contributed by atoms with Gasteiger partial charge in [-0.3, -0.25) is 9.78 Å². The first-order valence-electron chi connectivity index (χ1n) is 10.0. The summed E-state index contributed by atoms with van der Waals surface area (Å²) < 4.78 is 0. The highest BCUT2D eigenvalue weighted by Crippen LogP contribution is 2.61. The maximum atomic E-state index is 12.7. The number of carbonyl (C=O) groups excluding carboxylic acids is 1. The lowest BCUT2D eigenvalue weighted by molar-refractivity contribution is -0.101. The van der Waals surface area contributed by atoms with E-state index in [1.54, 1.807) is 24.5 Å². The fourth-order valence-electron chi connectivity index (χ4n) is 5.99. The van der Waals surface area contributed by atoms with E-state index in [0.717, 1.165) is 6.42 Å². The third-order valence-corrected chi connectivity index (χ3v) is 7.46. The molecule has 1 amide bonds. The Hall–Kier alpha value is -2.07. The molecule has 0 radical (unpaired) electrons. The molecule has 2 aliphatic carbocycles. The lowest BCUT2D eigenvalue weighted by Gasteiger charge is -2.61. The Morgan fingerprint density at radius 1 is 1.41 bits per heavy atom. The van der Waals surface area contributed by atoms with Crippen LogP contribution in [0.5, 0.6) is 0 Å². The predicted octanol–water partition coefficient (Wildman–Crippen LogP) is 4.98. The quantitative estimate of drug-likeness (QED) is 0.460. The minimum Gasteiger partial charge on any atom is -0.349 e. The first-order chi connectivity index (χ1) is 12.8. The maximum absolute atomic E-state index is 12.7. The lowest BCUT2D eigenvalue weighted by atomic mass is 9.45. The number of nitrogens with one attached hydrogen (secondary N) is 1. The highest BCUT2D eigenvalue weighted by Gasteiger charge is 2.56. The molecule has 1 aromatic heterocycles. The van der Waals surface area contributed by atoms with E-state index < -0.39 is 0 Å². The molecule has 6 nitrogen and oxygen atoms in total. The summed E-state index contributed by atoms with van der Waals surface area (Å²) in [6, 6.07) is 3.65. The largest absolute Gasteiger partial charge is 0.349 e. The molecule has 1 heterocycles. The molecule has 2 fully saturated rings. The van der Waals surface area contributed by atoms with Crippen molar-refractivity contribution < 1.29 is 4.79 Å². The first kappa shape index (κ1) is 19.7. The van der Waals surface area contributed by atoms with Gasteiger partial charge in [-0.05, 0) is 65.5 Å². The highest BCUT2D eigenvalue weighted by molar-refractivity contribution is 5.94. The van der Waals surface area contributed by atoms with Gasteiger partial charge in [-0.15, -0.1) is 0 Å². The molecule has 1 unspecified atom stereocenters. The van der Waals surface area contributed by atoms with Gasteiger partial charge in [0.2, 0.25) is 0 Å². The zero-order valence-electron chi connectivity index (χ0n) is 16.9. The number of hydrogen-bond acceptors (Lipinski definition) is 3. The van der Waals surface area contributed by atoms with E-state index in [1.165, 1.54) is 19.3 Å². The van der Waals surface area contributed by atoms with Gasteiger partial charge < -0.3 is 5.32 Å². The molecule has 2 aliphatic rings. The van der Waals surface area contributed by atoms with Gasteiger partial charge in [-0.25, -0.2) is 0 Å². The summed E-state index contributed by atoms with van der Waals surface area (Å²) >= 11 is 0. The fourth-order valence-corrected chi connectivity index (χ4v) is 5.99. The minimum absolute atomic E-state index is 0.0697. The van der Waals surface area contributed by atoms with E-state index in [1.807, 2.05) is 0 Å². The smallest absolute Gasteiger partial charge is 0.253 e. The normalized spacial score (nSPS) is 34.8. The van der Waals surface area contributed by atoms with Crippen molar-refractivity contribution in [2.24, 2.45) is 33.7 Å². The van der Waals surface area contributed by atoms with E-state index >= 15 is 0 Å². The van der Waals surface area contributed by atoms with Crippen LogP contribution in [0, 0.1) is 28.6 Å². The Kier molecular flexibility index (Phi) is 5.48. The van der Waals surface area contributed by atoms with Gasteiger partial charge in [0.15, 0.2) is 0 Å². The Bertz CT molecular complexity index is 727. The molecule has 0 spiro atoms. The van der Waals surface area contributed by atoms with Crippen LogP contribution in [-0.4, -0.2) is 23.5 Å². The number of aromatic nitrogens is 1. The van der Waals surface area contributed by atoms with Crippen LogP contribution < -0.4 is 5.32 Å². The zero-order valence-corrected chi connectivity index (χ0v) is 16.9. The van der Waals surface area contributed by atoms with Gasteiger partial charge in [0.1, 0.15) is 0 Å². The molecule has 1 N–H and O–H groups in total. The molecule has 27 heavy (non-hydrogen) atoms. The van der Waals surface area contributed by atoms with Crippen molar-refractivity contribution >= 4 is 5.91 Å². The highest BCUT2D eigenvalue weighted by atomic mass is 16.1. The fraction of sp³-hybridized carbons (Fsp3) is 0.714. The summed E-state index contributed by atoms with van der Waals surface area (Å²) in [6.45, 7) is 9.80. The summed E-state index contributed by atoms with van der Waals surface area (Å²) in [5.41, 5.74) is 9.86. The molecule has 0 saturated heterocycles. The number of pyridine rings is 1. The molecule has 146 valence electrons. The summed E-state index contributed by atoms with van der Waals surface area (Å²) in [5, 5.41) is 7.23. The molecule has 5 atom stereocenters. The third kappa shape index (κ3) is 3.68. The van der Waals surface area contributed by atoms with Crippen molar-refractivity contribution in [2.75, 3.05) is 6.54 Å². The van der Waals surface area contributed by atoms with Crippen LogP contribution in [0.3, 0.4) is 0 Å². The van der Waals surface area contributed by atoms with E-state index in [2.05, 4.69) is 48.0 Å². The molecule has 0 aromatic carbocycles. The SMILES string of the molecule is C[C@@H]1[C@H](NC(=O)c2cccnc2)CC2C(C)(C)CCC[C@]2(C)[C@H]1CN=[N+]=[N-]. The van der Waals surface area contributed by atoms with Crippen molar-refractivity contribution in [1.29, 1.82) is 0 Å². The van der Waals surface area contributed by atoms with Crippen LogP contribution in [-0.2, 0) is 0 Å². The van der Waals surface area contributed by atoms with Crippen molar-refractivity contribution in [3.63, 3.8) is 0 Å². The van der Waals surface area contributed by atoms with Crippen LogP contribution in [0.1, 0.15) is 63.7 Å². The van der Waals surface area contributed by atoms with Crippen LogP contribution in [0.15, 0.2) is 29.6 Å². The van der Waals surface area contributed by atoms with Crippen LogP contribution in [0.2, 0.25) is 0 Å². The van der Waals surface area contributed by atoms with Gasteiger partial charge in [-0.2, -0.15) is 0 Å². The Morgan fingerprint density at radius 3 is 2.85 bits per heavy atom. The summed E-state index contributed by atoms with van der Waals surface area (Å²) in [6.07, 6.45) is 7.84. The number of rotatable bonds is 4. The van der Waals surface area contributed by atoms with Crippen molar-refractivity contribution in [2.45, 2.75) is 59.4 Å². The first-order valence-corrected chi connectivity index (χ1v) is 10.0. The van der Waals surface area contributed by atoms with E-state index in [-0.39, 0.29) is 34.6 Å². The monoisotopic (exact) mass is 369 g/mol. The lowest BCUT2D eigenvalue weighted by Crippen LogP contribution is -2.59. The van der Waals surface area contributed by atoms with Gasteiger partial charge >= 0.3 is 0 Å². The standard InChI is InChI=1S/C21H31N5O/c1-14-16(13-24-26-22)21(4)9-6-8-20(2,3)18(21)11-17(14)25-19(27)15-7-5-10-23-12-15/h5,7,10,12,14,16-18H,6,8-9,11,13H2,1-4H3,(H,25,27)/t14-,16-,17+,18?,21+/m0/s1. The van der Waals surface area contributed by atoms with E-state index in [0.29, 0.717) is 18.0 Å². The van der Waals surface area contributed by atoms with E-state index in [4.69, 9.17) is 5.53 Å². The minimum atomic E-state index is -0.0697. The second-order valence-corrected chi connectivity index (χ2v) is 9.34. The molecule has 0 bridgehead atoms. The van der Waals surface area contributed by atoms with Gasteiger partial charge in [-0.1, -0.05) is 39.2 Å².